The van der Waals surface area contributed by atoms with Gasteiger partial charge in [-0.2, -0.15) is 0 Å². The summed E-state index contributed by atoms with van der Waals surface area (Å²) in [6.45, 7) is 0.719. The molecule has 94 valence electrons. The number of anilines is 1. The molecule has 0 radical (unpaired) electrons. The number of hydrogen-bond donors (Lipinski definition) is 1. The molecule has 2 N–H and O–H groups in total. The lowest BCUT2D eigenvalue weighted by Crippen LogP contribution is -2.12. The van der Waals surface area contributed by atoms with Crippen molar-refractivity contribution in [2.45, 2.75) is 38.5 Å². The number of aromatic nitrogens is 1. The van der Waals surface area contributed by atoms with Crippen molar-refractivity contribution in [2.24, 2.45) is 5.92 Å². The van der Waals surface area contributed by atoms with Crippen LogP contribution in [0.1, 0.15) is 38.5 Å². The zero-order valence-corrected chi connectivity index (χ0v) is 10.7. The van der Waals surface area contributed by atoms with Gasteiger partial charge in [-0.15, -0.1) is 0 Å². The second-order valence-electron chi connectivity index (χ2n) is 4.72. The lowest BCUT2D eigenvalue weighted by Gasteiger charge is -2.15. The summed E-state index contributed by atoms with van der Waals surface area (Å²) in [5.41, 5.74) is 6.15. The van der Waals surface area contributed by atoms with Crippen LogP contribution in [0.3, 0.4) is 0 Å². The van der Waals surface area contributed by atoms with E-state index in [2.05, 4.69) is 4.98 Å². The standard InChI is InChI=1S/C13H19ClN2O/c14-12-7-11(15)8-16-13(12)17-9-10-5-3-1-2-4-6-10/h7-8,10H,1-6,9,15H2. The Bertz CT molecular complexity index is 362. The normalized spacial score (nSPS) is 17.7. The van der Waals surface area contributed by atoms with Gasteiger partial charge in [-0.25, -0.2) is 4.98 Å². The van der Waals surface area contributed by atoms with E-state index in [1.165, 1.54) is 38.5 Å². The summed E-state index contributed by atoms with van der Waals surface area (Å²) in [6, 6.07) is 1.68. The Kier molecular flexibility index (Phi) is 4.49. The zero-order valence-electron chi connectivity index (χ0n) is 9.99. The van der Waals surface area contributed by atoms with Crippen LogP contribution >= 0.6 is 11.6 Å². The Morgan fingerprint density at radius 1 is 1.29 bits per heavy atom. The van der Waals surface area contributed by atoms with E-state index in [-0.39, 0.29) is 0 Å². The fourth-order valence-corrected chi connectivity index (χ4v) is 2.50. The number of ether oxygens (including phenoxy) is 1. The maximum Gasteiger partial charge on any atom is 0.232 e. The molecule has 3 nitrogen and oxygen atoms in total. The lowest BCUT2D eigenvalue weighted by atomic mass is 10.0. The molecule has 1 aromatic rings. The molecule has 1 aromatic heterocycles. The first-order valence-electron chi connectivity index (χ1n) is 6.29. The summed E-state index contributed by atoms with van der Waals surface area (Å²) < 4.78 is 5.69. The SMILES string of the molecule is Nc1cnc(OCC2CCCCCC2)c(Cl)c1. The largest absolute Gasteiger partial charge is 0.476 e. The van der Waals surface area contributed by atoms with Crippen molar-refractivity contribution < 1.29 is 4.74 Å². The molecular formula is C13H19ClN2O. The summed E-state index contributed by atoms with van der Waals surface area (Å²) in [5, 5.41) is 0.499. The van der Waals surface area contributed by atoms with E-state index in [1.54, 1.807) is 12.3 Å². The fraction of sp³-hybridized carbons (Fsp3) is 0.615. The highest BCUT2D eigenvalue weighted by Crippen LogP contribution is 2.27. The summed E-state index contributed by atoms with van der Waals surface area (Å²) in [7, 11) is 0. The Hall–Kier alpha value is -0.960. The van der Waals surface area contributed by atoms with Crippen molar-refractivity contribution in [1.29, 1.82) is 0 Å². The molecule has 0 aliphatic heterocycles. The third kappa shape index (κ3) is 3.77. The molecule has 1 aliphatic carbocycles. The molecule has 1 fully saturated rings. The Morgan fingerprint density at radius 3 is 2.65 bits per heavy atom. The highest BCUT2D eigenvalue weighted by molar-refractivity contribution is 6.32. The van der Waals surface area contributed by atoms with E-state index in [0.29, 0.717) is 22.5 Å². The molecule has 0 amide bonds. The summed E-state index contributed by atoms with van der Waals surface area (Å²) in [5.74, 6) is 1.15. The van der Waals surface area contributed by atoms with E-state index in [0.717, 1.165) is 6.61 Å². The van der Waals surface area contributed by atoms with Gasteiger partial charge in [0.1, 0.15) is 5.02 Å². The molecule has 1 heterocycles. The predicted octanol–water partition coefficient (Wildman–Crippen LogP) is 3.67. The summed E-state index contributed by atoms with van der Waals surface area (Å²) in [6.07, 6.45) is 9.44. The second-order valence-corrected chi connectivity index (χ2v) is 5.13. The maximum atomic E-state index is 6.01. The van der Waals surface area contributed by atoms with Gasteiger partial charge >= 0.3 is 0 Å². The van der Waals surface area contributed by atoms with Crippen LogP contribution < -0.4 is 10.5 Å². The number of hydrogen-bond acceptors (Lipinski definition) is 3. The number of halogens is 1. The molecule has 2 rings (SSSR count). The predicted molar refractivity (Wildman–Crippen MR) is 70.3 cm³/mol. The Labute approximate surface area is 107 Å². The number of pyridine rings is 1. The van der Waals surface area contributed by atoms with Gasteiger partial charge < -0.3 is 10.5 Å². The first-order valence-corrected chi connectivity index (χ1v) is 6.67. The average molecular weight is 255 g/mol. The molecule has 0 bridgehead atoms. The van der Waals surface area contributed by atoms with Crippen LogP contribution in [0, 0.1) is 5.92 Å². The molecule has 0 atom stereocenters. The summed E-state index contributed by atoms with van der Waals surface area (Å²) in [4.78, 5) is 4.11. The van der Waals surface area contributed by atoms with Crippen molar-refractivity contribution in [1.82, 2.24) is 4.98 Å². The van der Waals surface area contributed by atoms with Gasteiger partial charge in [0.2, 0.25) is 5.88 Å². The lowest BCUT2D eigenvalue weighted by molar-refractivity contribution is 0.226. The zero-order chi connectivity index (χ0) is 12.1. The minimum Gasteiger partial charge on any atom is -0.476 e. The van der Waals surface area contributed by atoms with Gasteiger partial charge in [-0.1, -0.05) is 37.3 Å². The third-order valence-electron chi connectivity index (χ3n) is 3.26. The molecule has 0 aromatic carbocycles. The molecule has 0 saturated heterocycles. The third-order valence-corrected chi connectivity index (χ3v) is 3.53. The van der Waals surface area contributed by atoms with Gasteiger partial charge in [0, 0.05) is 0 Å². The minimum atomic E-state index is 0.499. The first-order chi connectivity index (χ1) is 8.25. The van der Waals surface area contributed by atoms with Gasteiger partial charge in [0.25, 0.3) is 0 Å². The Morgan fingerprint density at radius 2 is 2.00 bits per heavy atom. The van der Waals surface area contributed by atoms with Crippen molar-refractivity contribution >= 4 is 17.3 Å². The van der Waals surface area contributed by atoms with Crippen molar-refractivity contribution in [3.05, 3.63) is 17.3 Å². The molecule has 0 unspecified atom stereocenters. The maximum absolute atomic E-state index is 6.01. The smallest absolute Gasteiger partial charge is 0.232 e. The number of rotatable bonds is 3. The van der Waals surface area contributed by atoms with E-state index >= 15 is 0 Å². The fourth-order valence-electron chi connectivity index (χ4n) is 2.27. The van der Waals surface area contributed by atoms with Crippen LogP contribution in [0.2, 0.25) is 5.02 Å². The Balaban J connectivity index is 1.88. The van der Waals surface area contributed by atoms with Gasteiger partial charge in [0.15, 0.2) is 0 Å². The van der Waals surface area contributed by atoms with E-state index in [9.17, 15) is 0 Å². The quantitative estimate of drug-likeness (QED) is 0.838. The van der Waals surface area contributed by atoms with Crippen molar-refractivity contribution in [3.8, 4) is 5.88 Å². The molecular weight excluding hydrogens is 236 g/mol. The monoisotopic (exact) mass is 254 g/mol. The van der Waals surface area contributed by atoms with Crippen LogP contribution in [0.15, 0.2) is 12.3 Å². The minimum absolute atomic E-state index is 0.499. The number of nitrogen functional groups attached to an aromatic ring is 1. The van der Waals surface area contributed by atoms with Crippen molar-refractivity contribution in [2.75, 3.05) is 12.3 Å². The highest BCUT2D eigenvalue weighted by Gasteiger charge is 2.14. The molecule has 17 heavy (non-hydrogen) atoms. The highest BCUT2D eigenvalue weighted by atomic mass is 35.5. The van der Waals surface area contributed by atoms with Crippen LogP contribution in [0.5, 0.6) is 5.88 Å². The number of nitrogens with two attached hydrogens (primary N) is 1. The van der Waals surface area contributed by atoms with E-state index < -0.39 is 0 Å². The van der Waals surface area contributed by atoms with Gasteiger partial charge in [-0.05, 0) is 24.8 Å². The number of nitrogens with zero attached hydrogens (tertiary/aromatic N) is 1. The summed E-state index contributed by atoms with van der Waals surface area (Å²) >= 11 is 6.01. The van der Waals surface area contributed by atoms with Crippen LogP contribution in [-0.2, 0) is 0 Å². The molecule has 4 heteroatoms. The van der Waals surface area contributed by atoms with E-state index in [4.69, 9.17) is 22.1 Å². The second kappa shape index (κ2) is 6.10. The van der Waals surface area contributed by atoms with Crippen LogP contribution in [0.4, 0.5) is 5.69 Å². The topological polar surface area (TPSA) is 48.1 Å². The first kappa shape index (κ1) is 12.5. The van der Waals surface area contributed by atoms with Crippen LogP contribution in [-0.4, -0.2) is 11.6 Å². The molecule has 1 aliphatic rings. The van der Waals surface area contributed by atoms with E-state index in [1.807, 2.05) is 0 Å². The van der Waals surface area contributed by atoms with Crippen LogP contribution in [0.25, 0.3) is 0 Å². The van der Waals surface area contributed by atoms with Gasteiger partial charge in [0.05, 0.1) is 18.5 Å². The van der Waals surface area contributed by atoms with Crippen molar-refractivity contribution in [3.63, 3.8) is 0 Å². The van der Waals surface area contributed by atoms with Gasteiger partial charge in [-0.3, -0.25) is 0 Å². The average Bonchev–Trinajstić information content (AvgIpc) is 2.56. The molecule has 1 saturated carbocycles. The molecule has 0 spiro atoms.